The number of pyridine rings is 1. The summed E-state index contributed by atoms with van der Waals surface area (Å²) in [4.78, 5) is 16.0. The molecule has 1 amide bonds. The number of rotatable bonds is 6. The van der Waals surface area contributed by atoms with Crippen molar-refractivity contribution in [1.82, 2.24) is 10.3 Å². The van der Waals surface area contributed by atoms with Crippen LogP contribution in [0.2, 0.25) is 0 Å². The Balaban J connectivity index is 1.91. The van der Waals surface area contributed by atoms with Crippen LogP contribution in [0.5, 0.6) is 5.88 Å². The predicted octanol–water partition coefficient (Wildman–Crippen LogP) is 3.12. The second kappa shape index (κ2) is 7.98. The van der Waals surface area contributed by atoms with Gasteiger partial charge in [0.05, 0.1) is 6.61 Å². The third kappa shape index (κ3) is 4.74. The van der Waals surface area contributed by atoms with Crippen LogP contribution in [0.4, 0.5) is 0 Å². The van der Waals surface area contributed by atoms with Gasteiger partial charge in [0.2, 0.25) is 11.8 Å². The Morgan fingerprint density at radius 2 is 2.05 bits per heavy atom. The van der Waals surface area contributed by atoms with Crippen molar-refractivity contribution < 1.29 is 9.53 Å². The van der Waals surface area contributed by atoms with Crippen molar-refractivity contribution >= 4 is 12.0 Å². The molecule has 0 atom stereocenters. The van der Waals surface area contributed by atoms with Crippen molar-refractivity contribution in [3.8, 4) is 5.88 Å². The summed E-state index contributed by atoms with van der Waals surface area (Å²) in [6.07, 6.45) is 5.00. The fraction of sp³-hybridized carbons (Fsp3) is 0.222. The maximum absolute atomic E-state index is 11.9. The third-order valence-corrected chi connectivity index (χ3v) is 3.09. The van der Waals surface area contributed by atoms with Crippen molar-refractivity contribution in [3.05, 3.63) is 65.4 Å². The molecule has 4 heteroatoms. The van der Waals surface area contributed by atoms with E-state index in [2.05, 4.69) is 10.3 Å². The highest BCUT2D eigenvalue weighted by atomic mass is 16.5. The molecule has 0 radical (unpaired) electrons. The molecule has 0 aliphatic rings. The van der Waals surface area contributed by atoms with Crippen LogP contribution in [0.1, 0.15) is 23.6 Å². The summed E-state index contributed by atoms with van der Waals surface area (Å²) in [5.41, 5.74) is 3.06. The number of carbonyl (C=O) groups is 1. The molecule has 0 aliphatic heterocycles. The molecule has 1 N–H and O–H groups in total. The van der Waals surface area contributed by atoms with Gasteiger partial charge < -0.3 is 10.1 Å². The summed E-state index contributed by atoms with van der Waals surface area (Å²) < 4.78 is 5.43. The Morgan fingerprint density at radius 3 is 2.77 bits per heavy atom. The Hall–Kier alpha value is -2.62. The number of nitrogens with zero attached hydrogens (tertiary/aromatic N) is 1. The molecule has 1 aromatic heterocycles. The second-order valence-corrected chi connectivity index (χ2v) is 4.86. The van der Waals surface area contributed by atoms with Gasteiger partial charge in [0.25, 0.3) is 0 Å². The van der Waals surface area contributed by atoms with E-state index in [9.17, 15) is 4.79 Å². The smallest absolute Gasteiger partial charge is 0.244 e. The number of hydrogen-bond donors (Lipinski definition) is 1. The van der Waals surface area contributed by atoms with Crippen LogP contribution in [0.25, 0.3) is 6.08 Å². The molecule has 2 rings (SSSR count). The first-order valence-corrected chi connectivity index (χ1v) is 7.28. The topological polar surface area (TPSA) is 51.2 Å². The van der Waals surface area contributed by atoms with Crippen LogP contribution >= 0.6 is 0 Å². The lowest BCUT2D eigenvalue weighted by molar-refractivity contribution is -0.116. The van der Waals surface area contributed by atoms with Crippen LogP contribution in [0.15, 0.2) is 48.7 Å². The Labute approximate surface area is 130 Å². The molecule has 1 heterocycles. The lowest BCUT2D eigenvalue weighted by Gasteiger charge is -2.08. The van der Waals surface area contributed by atoms with Crippen molar-refractivity contribution in [1.29, 1.82) is 0 Å². The quantitative estimate of drug-likeness (QED) is 0.833. The van der Waals surface area contributed by atoms with Crippen LogP contribution in [0.3, 0.4) is 0 Å². The number of carbonyl (C=O) groups excluding carboxylic acids is 1. The van der Waals surface area contributed by atoms with Crippen LogP contribution in [0, 0.1) is 6.92 Å². The Bertz CT molecular complexity index is 648. The molecule has 0 bridgehead atoms. The third-order valence-electron chi connectivity index (χ3n) is 3.09. The molecule has 114 valence electrons. The summed E-state index contributed by atoms with van der Waals surface area (Å²) >= 11 is 0. The predicted molar refractivity (Wildman–Crippen MR) is 87.5 cm³/mol. The van der Waals surface area contributed by atoms with Gasteiger partial charge >= 0.3 is 0 Å². The van der Waals surface area contributed by atoms with Crippen molar-refractivity contribution in [2.45, 2.75) is 20.4 Å². The minimum atomic E-state index is -0.146. The van der Waals surface area contributed by atoms with E-state index in [1.807, 2.05) is 50.2 Å². The number of nitrogens with one attached hydrogen (secondary N) is 1. The Kier molecular flexibility index (Phi) is 5.72. The standard InChI is InChI=1S/C18H20N2O2/c1-3-22-18-16(5-4-12-19-18)13-20-17(21)11-10-15-8-6-14(2)7-9-15/h4-12H,3,13H2,1-2H3,(H,20,21)/b11-10+. The number of amides is 1. The fourth-order valence-corrected chi connectivity index (χ4v) is 1.92. The van der Waals surface area contributed by atoms with Gasteiger partial charge in [-0.1, -0.05) is 35.9 Å². The monoisotopic (exact) mass is 296 g/mol. The van der Waals surface area contributed by atoms with Crippen molar-refractivity contribution in [2.75, 3.05) is 6.61 Å². The minimum Gasteiger partial charge on any atom is -0.478 e. The van der Waals surface area contributed by atoms with Gasteiger partial charge in [0, 0.05) is 24.4 Å². The molecule has 0 fully saturated rings. The largest absolute Gasteiger partial charge is 0.478 e. The molecule has 0 saturated carbocycles. The molecule has 4 nitrogen and oxygen atoms in total. The molecule has 0 spiro atoms. The van der Waals surface area contributed by atoms with E-state index in [4.69, 9.17) is 4.74 Å². The molecule has 2 aromatic rings. The average Bonchev–Trinajstić information content (AvgIpc) is 2.54. The highest BCUT2D eigenvalue weighted by molar-refractivity contribution is 5.91. The molecular weight excluding hydrogens is 276 g/mol. The zero-order valence-electron chi connectivity index (χ0n) is 12.9. The lowest BCUT2D eigenvalue weighted by Crippen LogP contribution is -2.20. The first-order valence-electron chi connectivity index (χ1n) is 7.28. The van der Waals surface area contributed by atoms with E-state index in [-0.39, 0.29) is 5.91 Å². The minimum absolute atomic E-state index is 0.146. The van der Waals surface area contributed by atoms with Gasteiger partial charge in [-0.3, -0.25) is 4.79 Å². The summed E-state index contributed by atoms with van der Waals surface area (Å²) in [6, 6.07) is 11.7. The van der Waals surface area contributed by atoms with Gasteiger partial charge in [0.1, 0.15) is 0 Å². The Morgan fingerprint density at radius 1 is 1.27 bits per heavy atom. The SMILES string of the molecule is CCOc1ncccc1CNC(=O)/C=C/c1ccc(C)cc1. The van der Waals surface area contributed by atoms with Gasteiger partial charge in [-0.15, -0.1) is 0 Å². The van der Waals surface area contributed by atoms with E-state index in [1.165, 1.54) is 11.6 Å². The zero-order chi connectivity index (χ0) is 15.8. The number of aryl methyl sites for hydroxylation is 1. The van der Waals surface area contributed by atoms with Gasteiger partial charge in [-0.25, -0.2) is 4.98 Å². The average molecular weight is 296 g/mol. The number of benzene rings is 1. The van der Waals surface area contributed by atoms with E-state index in [0.717, 1.165) is 11.1 Å². The van der Waals surface area contributed by atoms with E-state index < -0.39 is 0 Å². The van der Waals surface area contributed by atoms with Crippen LogP contribution < -0.4 is 10.1 Å². The lowest BCUT2D eigenvalue weighted by atomic mass is 10.1. The van der Waals surface area contributed by atoms with Gasteiger partial charge in [-0.05, 0) is 31.6 Å². The summed E-state index contributed by atoms with van der Waals surface area (Å²) in [5.74, 6) is 0.416. The fourth-order valence-electron chi connectivity index (χ4n) is 1.92. The van der Waals surface area contributed by atoms with Gasteiger partial charge in [-0.2, -0.15) is 0 Å². The maximum Gasteiger partial charge on any atom is 0.244 e. The molecular formula is C18H20N2O2. The highest BCUT2D eigenvalue weighted by Gasteiger charge is 2.04. The number of ether oxygens (including phenoxy) is 1. The maximum atomic E-state index is 11.9. The van der Waals surface area contributed by atoms with Gasteiger partial charge in [0.15, 0.2) is 0 Å². The van der Waals surface area contributed by atoms with Crippen LogP contribution in [-0.2, 0) is 11.3 Å². The van der Waals surface area contributed by atoms with E-state index in [1.54, 1.807) is 12.3 Å². The second-order valence-electron chi connectivity index (χ2n) is 4.86. The first kappa shape index (κ1) is 15.8. The zero-order valence-corrected chi connectivity index (χ0v) is 12.9. The van der Waals surface area contributed by atoms with Crippen molar-refractivity contribution in [3.63, 3.8) is 0 Å². The molecule has 0 saturated heterocycles. The number of aromatic nitrogens is 1. The first-order chi connectivity index (χ1) is 10.7. The highest BCUT2D eigenvalue weighted by Crippen LogP contribution is 2.13. The van der Waals surface area contributed by atoms with E-state index in [0.29, 0.717) is 19.0 Å². The molecule has 0 unspecified atom stereocenters. The number of hydrogen-bond acceptors (Lipinski definition) is 3. The van der Waals surface area contributed by atoms with Crippen LogP contribution in [-0.4, -0.2) is 17.5 Å². The van der Waals surface area contributed by atoms with E-state index >= 15 is 0 Å². The molecule has 0 aliphatic carbocycles. The summed E-state index contributed by atoms with van der Waals surface area (Å²) in [7, 11) is 0. The summed E-state index contributed by atoms with van der Waals surface area (Å²) in [5, 5.41) is 2.83. The van der Waals surface area contributed by atoms with Crippen molar-refractivity contribution in [2.24, 2.45) is 0 Å². The molecule has 1 aromatic carbocycles. The summed E-state index contributed by atoms with van der Waals surface area (Å²) in [6.45, 7) is 4.87. The molecule has 22 heavy (non-hydrogen) atoms. The normalized spacial score (nSPS) is 10.6.